The van der Waals surface area contributed by atoms with Crippen molar-refractivity contribution >= 4 is 29.5 Å². The number of thioether (sulfide) groups is 2. The van der Waals surface area contributed by atoms with E-state index in [0.717, 1.165) is 6.42 Å². The molecule has 0 aromatic rings. The Hall–Kier alpha value is 0.170. The van der Waals surface area contributed by atoms with Crippen LogP contribution in [0.25, 0.3) is 0 Å². The molecule has 1 saturated carbocycles. The zero-order valence-corrected chi connectivity index (χ0v) is 11.9. The molecular formula is C12H20O2S2. The van der Waals surface area contributed by atoms with Crippen LogP contribution in [0.5, 0.6) is 0 Å². The van der Waals surface area contributed by atoms with Gasteiger partial charge in [0.15, 0.2) is 0 Å². The maximum atomic E-state index is 11.3. The third-order valence-electron chi connectivity index (χ3n) is 3.49. The molecule has 2 aliphatic rings. The van der Waals surface area contributed by atoms with Crippen molar-refractivity contribution in [2.45, 2.75) is 50.2 Å². The number of rotatable bonds is 1. The second-order valence-electron chi connectivity index (χ2n) is 5.34. The highest BCUT2D eigenvalue weighted by Crippen LogP contribution is 2.59. The molecule has 2 rings (SSSR count). The molecule has 1 aliphatic carbocycles. The van der Waals surface area contributed by atoms with Gasteiger partial charge in [-0.1, -0.05) is 13.8 Å². The minimum Gasteiger partial charge on any atom is -0.460 e. The minimum absolute atomic E-state index is 0.0767. The van der Waals surface area contributed by atoms with Crippen molar-refractivity contribution in [2.24, 2.45) is 5.41 Å². The zero-order valence-electron chi connectivity index (χ0n) is 10.2. The van der Waals surface area contributed by atoms with Crippen LogP contribution in [0.4, 0.5) is 0 Å². The van der Waals surface area contributed by atoms with Crippen LogP contribution in [0.3, 0.4) is 0 Å². The Morgan fingerprint density at radius 3 is 2.44 bits per heavy atom. The number of carbonyl (C=O) groups is 1. The van der Waals surface area contributed by atoms with Gasteiger partial charge in [0, 0.05) is 12.3 Å². The summed E-state index contributed by atoms with van der Waals surface area (Å²) in [6.45, 7) is 5.98. The lowest BCUT2D eigenvalue weighted by Gasteiger charge is -2.40. The molecule has 2 fully saturated rings. The first-order valence-electron chi connectivity index (χ1n) is 5.91. The Labute approximate surface area is 106 Å². The summed E-state index contributed by atoms with van der Waals surface area (Å²) >= 11 is 4.02. The number of ether oxygens (including phenoxy) is 1. The molecule has 4 heteroatoms. The second kappa shape index (κ2) is 4.45. The maximum absolute atomic E-state index is 11.3. The maximum Gasteiger partial charge on any atom is 0.303 e. The van der Waals surface area contributed by atoms with Crippen LogP contribution in [0.15, 0.2) is 0 Å². The fourth-order valence-corrected chi connectivity index (χ4v) is 6.47. The molecule has 1 heterocycles. The summed E-state index contributed by atoms with van der Waals surface area (Å²) in [4.78, 5) is 11.3. The predicted molar refractivity (Wildman–Crippen MR) is 70.8 cm³/mol. The lowest BCUT2D eigenvalue weighted by molar-refractivity contribution is -0.150. The number of esters is 1. The molecule has 0 amide bonds. The van der Waals surface area contributed by atoms with E-state index in [1.807, 2.05) is 23.5 Å². The van der Waals surface area contributed by atoms with Gasteiger partial charge in [0.2, 0.25) is 0 Å². The van der Waals surface area contributed by atoms with Crippen LogP contribution in [0.1, 0.15) is 40.0 Å². The molecule has 1 spiro atoms. The number of carbonyl (C=O) groups excluding carboxylic acids is 1. The molecule has 0 unspecified atom stereocenters. The first-order valence-corrected chi connectivity index (χ1v) is 7.89. The van der Waals surface area contributed by atoms with E-state index in [2.05, 4.69) is 13.8 Å². The Morgan fingerprint density at radius 1 is 1.25 bits per heavy atom. The molecule has 0 N–H and O–H groups in total. The SMILES string of the molecule is CC(=O)O[C@H]1C(C)(C)CCC12SCCCS2. The van der Waals surface area contributed by atoms with Crippen LogP contribution < -0.4 is 0 Å². The van der Waals surface area contributed by atoms with Gasteiger partial charge >= 0.3 is 5.97 Å². The molecule has 1 saturated heterocycles. The Bertz CT molecular complexity index is 283. The average molecular weight is 260 g/mol. The molecule has 92 valence electrons. The largest absolute Gasteiger partial charge is 0.460 e. The number of hydrogen-bond donors (Lipinski definition) is 0. The van der Waals surface area contributed by atoms with E-state index in [9.17, 15) is 4.79 Å². The normalized spacial score (nSPS) is 31.6. The van der Waals surface area contributed by atoms with Crippen LogP contribution in [-0.4, -0.2) is 27.7 Å². The lowest BCUT2D eigenvalue weighted by atomic mass is 9.89. The first-order chi connectivity index (χ1) is 7.46. The Morgan fingerprint density at radius 2 is 1.88 bits per heavy atom. The Kier molecular flexibility index (Phi) is 3.51. The van der Waals surface area contributed by atoms with Gasteiger partial charge in [-0.25, -0.2) is 0 Å². The summed E-state index contributed by atoms with van der Waals surface area (Å²) in [7, 11) is 0. The van der Waals surface area contributed by atoms with Gasteiger partial charge in [0.1, 0.15) is 6.10 Å². The van der Waals surface area contributed by atoms with Crippen LogP contribution in [0, 0.1) is 5.41 Å². The van der Waals surface area contributed by atoms with Gasteiger partial charge in [-0.05, 0) is 30.8 Å². The molecule has 1 atom stereocenters. The standard InChI is InChI=1S/C12H20O2S2/c1-9(13)14-10-11(2,3)5-6-12(10)15-7-4-8-16-12/h10H,4-8H2,1-3H3/t10-/m0/s1. The van der Waals surface area contributed by atoms with Gasteiger partial charge in [-0.2, -0.15) is 0 Å². The highest BCUT2D eigenvalue weighted by molar-refractivity contribution is 8.18. The smallest absolute Gasteiger partial charge is 0.303 e. The average Bonchev–Trinajstić information content (AvgIpc) is 2.44. The van der Waals surface area contributed by atoms with Crippen molar-refractivity contribution in [2.75, 3.05) is 11.5 Å². The first kappa shape index (κ1) is 12.6. The van der Waals surface area contributed by atoms with Crippen molar-refractivity contribution in [3.8, 4) is 0 Å². The number of hydrogen-bond acceptors (Lipinski definition) is 4. The third-order valence-corrected chi connectivity index (χ3v) is 7.00. The van der Waals surface area contributed by atoms with Gasteiger partial charge in [0.25, 0.3) is 0 Å². The quantitative estimate of drug-likeness (QED) is 0.676. The highest BCUT2D eigenvalue weighted by atomic mass is 32.2. The van der Waals surface area contributed by atoms with Crippen LogP contribution in [0.2, 0.25) is 0 Å². The van der Waals surface area contributed by atoms with E-state index < -0.39 is 0 Å². The summed E-state index contributed by atoms with van der Waals surface area (Å²) in [5.74, 6) is 2.29. The molecule has 0 bridgehead atoms. The van der Waals surface area contributed by atoms with Crippen LogP contribution in [-0.2, 0) is 9.53 Å². The molecule has 0 aromatic heterocycles. The van der Waals surface area contributed by atoms with Crippen molar-refractivity contribution in [3.05, 3.63) is 0 Å². The monoisotopic (exact) mass is 260 g/mol. The van der Waals surface area contributed by atoms with E-state index in [1.54, 1.807) is 0 Å². The summed E-state index contributed by atoms with van der Waals surface area (Å²) in [5.41, 5.74) is 0.128. The van der Waals surface area contributed by atoms with Gasteiger partial charge in [-0.15, -0.1) is 23.5 Å². The van der Waals surface area contributed by atoms with Crippen molar-refractivity contribution in [1.29, 1.82) is 0 Å². The van der Waals surface area contributed by atoms with Gasteiger partial charge in [-0.3, -0.25) is 4.79 Å². The molecular weight excluding hydrogens is 240 g/mol. The van der Waals surface area contributed by atoms with Crippen molar-refractivity contribution in [3.63, 3.8) is 0 Å². The topological polar surface area (TPSA) is 26.3 Å². The summed E-state index contributed by atoms with van der Waals surface area (Å²) in [6.07, 6.45) is 3.69. The third kappa shape index (κ3) is 2.23. The summed E-state index contributed by atoms with van der Waals surface area (Å²) in [5, 5.41) is 0. The van der Waals surface area contributed by atoms with E-state index in [-0.39, 0.29) is 21.6 Å². The summed E-state index contributed by atoms with van der Waals surface area (Å²) < 4.78 is 5.79. The van der Waals surface area contributed by atoms with Crippen LogP contribution >= 0.6 is 23.5 Å². The van der Waals surface area contributed by atoms with Gasteiger partial charge < -0.3 is 4.74 Å². The minimum atomic E-state index is -0.133. The zero-order chi connectivity index (χ0) is 11.8. The molecule has 16 heavy (non-hydrogen) atoms. The predicted octanol–water partition coefficient (Wildman–Crippen LogP) is 3.30. The van der Waals surface area contributed by atoms with Crippen molar-refractivity contribution in [1.82, 2.24) is 0 Å². The fraction of sp³-hybridized carbons (Fsp3) is 0.917. The molecule has 2 nitrogen and oxygen atoms in total. The fourth-order valence-electron chi connectivity index (χ4n) is 2.66. The highest BCUT2D eigenvalue weighted by Gasteiger charge is 2.56. The van der Waals surface area contributed by atoms with E-state index >= 15 is 0 Å². The molecule has 0 aromatic carbocycles. The van der Waals surface area contributed by atoms with E-state index in [0.29, 0.717) is 0 Å². The van der Waals surface area contributed by atoms with Gasteiger partial charge in [0.05, 0.1) is 4.08 Å². The van der Waals surface area contributed by atoms with E-state index in [1.165, 1.54) is 31.3 Å². The Balaban J connectivity index is 2.20. The lowest BCUT2D eigenvalue weighted by Crippen LogP contribution is -2.43. The molecule has 0 radical (unpaired) electrons. The second-order valence-corrected chi connectivity index (χ2v) is 8.45. The summed E-state index contributed by atoms with van der Waals surface area (Å²) in [6, 6.07) is 0. The molecule has 1 aliphatic heterocycles. The van der Waals surface area contributed by atoms with E-state index in [4.69, 9.17) is 4.74 Å². The van der Waals surface area contributed by atoms with Crippen molar-refractivity contribution < 1.29 is 9.53 Å².